The van der Waals surface area contributed by atoms with Crippen molar-refractivity contribution in [2.24, 2.45) is 5.92 Å². The lowest BCUT2D eigenvalue weighted by atomic mass is 9.93. The van der Waals surface area contributed by atoms with Crippen LogP contribution in [0.15, 0.2) is 18.2 Å². The molecule has 0 bridgehead atoms. The molecule has 1 aromatic carbocycles. The number of aromatic nitrogens is 1. The summed E-state index contributed by atoms with van der Waals surface area (Å²) >= 11 is 0. The third kappa shape index (κ3) is 4.66. The molecule has 1 aromatic heterocycles. The van der Waals surface area contributed by atoms with Gasteiger partial charge in [-0.2, -0.15) is 0 Å². The zero-order chi connectivity index (χ0) is 23.8. The van der Waals surface area contributed by atoms with Gasteiger partial charge in [0.25, 0.3) is 0 Å². The number of aromatic hydroxyl groups is 1. The summed E-state index contributed by atoms with van der Waals surface area (Å²) in [6.45, 7) is 6.75. The molecule has 0 spiro atoms. The number of aryl methyl sites for hydroxylation is 1. The van der Waals surface area contributed by atoms with Gasteiger partial charge in [0.15, 0.2) is 5.78 Å². The van der Waals surface area contributed by atoms with Gasteiger partial charge in [-0.25, -0.2) is 19.0 Å². The number of halogens is 1. The van der Waals surface area contributed by atoms with Crippen molar-refractivity contribution < 1.29 is 33.4 Å². The Morgan fingerprint density at radius 3 is 2.59 bits per heavy atom. The van der Waals surface area contributed by atoms with Gasteiger partial charge in [-0.1, -0.05) is 12.1 Å². The number of likely N-dealkylation sites (tertiary alicyclic amines) is 1. The fraction of sp³-hybridized carbons (Fsp3) is 0.478. The van der Waals surface area contributed by atoms with Crippen molar-refractivity contribution in [2.75, 3.05) is 13.7 Å². The van der Waals surface area contributed by atoms with Crippen LogP contribution in [0.2, 0.25) is 0 Å². The SMILES string of the molecule is COC(=O)[C@@H]1C[C@@H](CC(=O)c2c(O)c(C)nc3c(F)cccc23)CN1C(=O)OC(C)(C)C. The molecule has 0 unspecified atom stereocenters. The van der Waals surface area contributed by atoms with E-state index < -0.39 is 35.3 Å². The zero-order valence-corrected chi connectivity index (χ0v) is 18.8. The Bertz CT molecular complexity index is 1080. The van der Waals surface area contributed by atoms with Crippen LogP contribution < -0.4 is 0 Å². The lowest BCUT2D eigenvalue weighted by Crippen LogP contribution is -2.43. The number of para-hydroxylation sites is 1. The summed E-state index contributed by atoms with van der Waals surface area (Å²) in [4.78, 5) is 43.4. The largest absolute Gasteiger partial charge is 0.505 e. The van der Waals surface area contributed by atoms with Crippen LogP contribution in [0.1, 0.15) is 49.7 Å². The van der Waals surface area contributed by atoms with Gasteiger partial charge in [0, 0.05) is 18.4 Å². The molecule has 2 atom stereocenters. The summed E-state index contributed by atoms with van der Waals surface area (Å²) < 4.78 is 24.5. The number of ether oxygens (including phenoxy) is 2. The van der Waals surface area contributed by atoms with Crippen molar-refractivity contribution in [3.63, 3.8) is 0 Å². The van der Waals surface area contributed by atoms with Crippen LogP contribution in [0.5, 0.6) is 5.75 Å². The summed E-state index contributed by atoms with van der Waals surface area (Å²) in [5, 5.41) is 10.7. The van der Waals surface area contributed by atoms with Crippen LogP contribution >= 0.6 is 0 Å². The fourth-order valence-corrected chi connectivity index (χ4v) is 3.96. The standard InChI is InChI=1S/C23H27FN2O6/c1-12-20(28)18(14-7-6-8-15(24)19(14)25-12)17(27)10-13-9-16(21(29)31-5)26(11-13)22(30)32-23(2,3)4/h6-8,13,16,28H,9-11H2,1-5H3/t13-,16-/m0/s1. The Labute approximate surface area is 185 Å². The van der Waals surface area contributed by atoms with Crippen molar-refractivity contribution >= 4 is 28.7 Å². The molecule has 1 aliphatic heterocycles. The minimum atomic E-state index is -0.880. The highest BCUT2D eigenvalue weighted by molar-refractivity contribution is 6.10. The lowest BCUT2D eigenvalue weighted by molar-refractivity contribution is -0.145. The first-order valence-electron chi connectivity index (χ1n) is 10.3. The summed E-state index contributed by atoms with van der Waals surface area (Å²) in [6.07, 6.45) is -0.525. The molecule has 1 fully saturated rings. The first-order valence-corrected chi connectivity index (χ1v) is 10.3. The number of nitrogens with zero attached hydrogens (tertiary/aromatic N) is 2. The Hall–Kier alpha value is -3.23. The third-order valence-electron chi connectivity index (χ3n) is 5.36. The van der Waals surface area contributed by atoms with Gasteiger partial charge < -0.3 is 14.6 Å². The maximum absolute atomic E-state index is 14.2. The highest BCUT2D eigenvalue weighted by Gasteiger charge is 2.43. The molecule has 1 saturated heterocycles. The summed E-state index contributed by atoms with van der Waals surface area (Å²) in [5.74, 6) is -2.30. The van der Waals surface area contributed by atoms with Crippen molar-refractivity contribution in [1.29, 1.82) is 0 Å². The summed E-state index contributed by atoms with van der Waals surface area (Å²) in [7, 11) is 1.23. The molecule has 3 rings (SSSR count). The Kier molecular flexibility index (Phi) is 6.39. The van der Waals surface area contributed by atoms with Crippen molar-refractivity contribution in [3.05, 3.63) is 35.3 Å². The molecule has 2 heterocycles. The van der Waals surface area contributed by atoms with Gasteiger partial charge >= 0.3 is 12.1 Å². The zero-order valence-electron chi connectivity index (χ0n) is 18.8. The van der Waals surface area contributed by atoms with Crippen molar-refractivity contribution in [3.8, 4) is 5.75 Å². The van der Waals surface area contributed by atoms with E-state index in [0.717, 1.165) is 0 Å². The molecule has 1 N–H and O–H groups in total. The predicted molar refractivity (Wildman–Crippen MR) is 114 cm³/mol. The van der Waals surface area contributed by atoms with Crippen LogP contribution in [0.25, 0.3) is 10.9 Å². The van der Waals surface area contributed by atoms with Gasteiger partial charge in [-0.15, -0.1) is 0 Å². The topological polar surface area (TPSA) is 106 Å². The van der Waals surface area contributed by atoms with Crippen LogP contribution in [0.4, 0.5) is 9.18 Å². The maximum atomic E-state index is 14.2. The summed E-state index contributed by atoms with van der Waals surface area (Å²) in [6, 6.07) is 3.32. The molecule has 32 heavy (non-hydrogen) atoms. The van der Waals surface area contributed by atoms with Crippen LogP contribution in [-0.4, -0.2) is 58.1 Å². The number of methoxy groups -OCH3 is 1. The Morgan fingerprint density at radius 1 is 1.28 bits per heavy atom. The quantitative estimate of drug-likeness (QED) is 0.563. The van der Waals surface area contributed by atoms with Gasteiger partial charge in [-0.05, 0) is 46.1 Å². The molecule has 172 valence electrons. The maximum Gasteiger partial charge on any atom is 0.411 e. The Balaban J connectivity index is 1.88. The number of esters is 1. The monoisotopic (exact) mass is 446 g/mol. The first-order chi connectivity index (χ1) is 14.9. The van der Waals surface area contributed by atoms with E-state index in [1.807, 2.05) is 0 Å². The van der Waals surface area contributed by atoms with Crippen LogP contribution in [0.3, 0.4) is 0 Å². The molecule has 8 nitrogen and oxygen atoms in total. The predicted octanol–water partition coefficient (Wildman–Crippen LogP) is 3.76. The number of amides is 1. The van der Waals surface area contributed by atoms with Gasteiger partial charge in [0.2, 0.25) is 0 Å². The van der Waals surface area contributed by atoms with E-state index in [9.17, 15) is 23.9 Å². The fourth-order valence-electron chi connectivity index (χ4n) is 3.96. The van der Waals surface area contributed by atoms with Gasteiger partial charge in [0.05, 0.1) is 18.4 Å². The Morgan fingerprint density at radius 2 is 1.97 bits per heavy atom. The lowest BCUT2D eigenvalue weighted by Gasteiger charge is -2.27. The van der Waals surface area contributed by atoms with E-state index in [-0.39, 0.29) is 53.2 Å². The molecule has 2 aromatic rings. The second kappa shape index (κ2) is 8.72. The van der Waals surface area contributed by atoms with E-state index in [2.05, 4.69) is 4.98 Å². The number of carbonyl (C=O) groups excluding carboxylic acids is 3. The number of hydrogen-bond acceptors (Lipinski definition) is 7. The molecule has 1 amide bonds. The number of ketones is 1. The molecule has 0 saturated carbocycles. The van der Waals surface area contributed by atoms with Crippen LogP contribution in [-0.2, 0) is 14.3 Å². The second-order valence-corrected chi connectivity index (χ2v) is 8.96. The number of benzene rings is 1. The number of fused-ring (bicyclic) bond motifs is 1. The number of hydrogen-bond donors (Lipinski definition) is 1. The minimum Gasteiger partial charge on any atom is -0.505 e. The van der Waals surface area contributed by atoms with Gasteiger partial charge in [0.1, 0.15) is 28.7 Å². The molecule has 9 heteroatoms. The minimum absolute atomic E-state index is 0.000362. The van der Waals surface area contributed by atoms with Crippen molar-refractivity contribution in [1.82, 2.24) is 9.88 Å². The average molecular weight is 446 g/mol. The number of Topliss-reactive ketones (excluding diaryl/α,β-unsaturated/α-hetero) is 1. The molecular formula is C23H27FN2O6. The van der Waals surface area contributed by atoms with E-state index in [1.54, 1.807) is 20.8 Å². The number of carbonyl (C=O) groups is 3. The highest BCUT2D eigenvalue weighted by Crippen LogP contribution is 2.34. The summed E-state index contributed by atoms with van der Waals surface area (Å²) in [5.41, 5.74) is -0.632. The normalized spacial score (nSPS) is 18.6. The average Bonchev–Trinajstić information content (AvgIpc) is 3.11. The second-order valence-electron chi connectivity index (χ2n) is 8.96. The molecule has 0 radical (unpaired) electrons. The van der Waals surface area contributed by atoms with E-state index in [4.69, 9.17) is 9.47 Å². The smallest absolute Gasteiger partial charge is 0.411 e. The highest BCUT2D eigenvalue weighted by atomic mass is 19.1. The van der Waals surface area contributed by atoms with E-state index in [0.29, 0.717) is 0 Å². The number of pyridine rings is 1. The first kappa shape index (κ1) is 23.4. The molecular weight excluding hydrogens is 419 g/mol. The van der Waals surface area contributed by atoms with E-state index >= 15 is 0 Å². The number of rotatable bonds is 4. The van der Waals surface area contributed by atoms with Crippen molar-refractivity contribution in [2.45, 2.75) is 52.2 Å². The molecule has 1 aliphatic rings. The van der Waals surface area contributed by atoms with Crippen LogP contribution in [0, 0.1) is 18.7 Å². The molecule has 0 aliphatic carbocycles. The third-order valence-corrected chi connectivity index (χ3v) is 5.36. The van der Waals surface area contributed by atoms with E-state index in [1.165, 1.54) is 37.1 Å². The van der Waals surface area contributed by atoms with Gasteiger partial charge in [-0.3, -0.25) is 9.69 Å².